The van der Waals surface area contributed by atoms with Gasteiger partial charge >= 0.3 is 0 Å². The average Bonchev–Trinajstić information content (AvgIpc) is 2.36. The summed E-state index contributed by atoms with van der Waals surface area (Å²) in [5.74, 6) is 0.0483. The first-order valence-corrected chi connectivity index (χ1v) is 6.45. The Kier molecular flexibility index (Phi) is 7.37. The van der Waals surface area contributed by atoms with Crippen LogP contribution in [0.1, 0.15) is 31.2 Å². The molecule has 0 fully saturated rings. The van der Waals surface area contributed by atoms with Crippen molar-refractivity contribution in [3.63, 3.8) is 0 Å². The second-order valence-corrected chi connectivity index (χ2v) is 4.24. The third-order valence-corrected chi connectivity index (χ3v) is 2.71. The highest BCUT2D eigenvalue weighted by Gasteiger charge is 2.08. The number of unbranched alkanes of at least 4 members (excludes halogenated alkanes) is 3. The molecule has 0 aromatic heterocycles. The van der Waals surface area contributed by atoms with Gasteiger partial charge in [-0.25, -0.2) is 4.39 Å². The van der Waals surface area contributed by atoms with Crippen molar-refractivity contribution >= 4 is 0 Å². The quantitative estimate of drug-likeness (QED) is 0.666. The number of aliphatic hydroxyl groups is 1. The van der Waals surface area contributed by atoms with Crippen molar-refractivity contribution in [2.75, 3.05) is 20.3 Å². The van der Waals surface area contributed by atoms with E-state index in [1.54, 1.807) is 6.07 Å². The molecule has 0 aliphatic rings. The summed E-state index contributed by atoms with van der Waals surface area (Å²) >= 11 is 0. The van der Waals surface area contributed by atoms with Crippen LogP contribution in [-0.2, 0) is 6.54 Å². The predicted octanol–water partition coefficient (Wildman–Crippen LogP) is 2.48. The highest BCUT2D eigenvalue weighted by Crippen LogP contribution is 2.22. The van der Waals surface area contributed by atoms with Crippen molar-refractivity contribution in [3.8, 4) is 5.75 Å². The van der Waals surface area contributed by atoms with Crippen molar-refractivity contribution < 1.29 is 14.2 Å². The van der Waals surface area contributed by atoms with Crippen LogP contribution in [0.25, 0.3) is 0 Å². The molecule has 3 nitrogen and oxygen atoms in total. The molecule has 1 aromatic carbocycles. The lowest BCUT2D eigenvalue weighted by atomic mass is 10.2. The van der Waals surface area contributed by atoms with E-state index in [1.165, 1.54) is 6.07 Å². The van der Waals surface area contributed by atoms with E-state index in [9.17, 15) is 4.39 Å². The third kappa shape index (κ3) is 5.02. The van der Waals surface area contributed by atoms with Gasteiger partial charge in [0.15, 0.2) is 11.6 Å². The fourth-order valence-electron chi connectivity index (χ4n) is 1.79. The lowest BCUT2D eigenvalue weighted by Gasteiger charge is -2.12. The predicted molar refractivity (Wildman–Crippen MR) is 70.2 cm³/mol. The van der Waals surface area contributed by atoms with Crippen LogP contribution in [0, 0.1) is 5.82 Å². The smallest absolute Gasteiger partial charge is 0.165 e. The molecule has 2 N–H and O–H groups in total. The summed E-state index contributed by atoms with van der Waals surface area (Å²) in [5, 5.41) is 11.6. The van der Waals surface area contributed by atoms with Gasteiger partial charge in [-0.1, -0.05) is 18.6 Å². The topological polar surface area (TPSA) is 41.5 Å². The van der Waals surface area contributed by atoms with Gasteiger partial charge in [-0.2, -0.15) is 0 Å². The molecule has 0 aliphatic carbocycles. The highest BCUT2D eigenvalue weighted by atomic mass is 19.1. The highest BCUT2D eigenvalue weighted by molar-refractivity contribution is 5.34. The maximum Gasteiger partial charge on any atom is 0.165 e. The van der Waals surface area contributed by atoms with Crippen molar-refractivity contribution in [1.29, 1.82) is 0 Å². The Labute approximate surface area is 108 Å². The number of rotatable bonds is 9. The average molecular weight is 255 g/mol. The summed E-state index contributed by atoms with van der Waals surface area (Å²) in [6, 6.07) is 4.97. The minimum Gasteiger partial charge on any atom is -0.490 e. The van der Waals surface area contributed by atoms with E-state index in [0.29, 0.717) is 18.9 Å². The van der Waals surface area contributed by atoms with E-state index in [0.717, 1.165) is 31.2 Å². The Bertz CT molecular complexity index is 345. The van der Waals surface area contributed by atoms with Gasteiger partial charge in [-0.3, -0.25) is 0 Å². The van der Waals surface area contributed by atoms with E-state index < -0.39 is 0 Å². The van der Waals surface area contributed by atoms with E-state index in [1.807, 2.05) is 13.1 Å². The minimum absolute atomic E-state index is 0.237. The van der Waals surface area contributed by atoms with Gasteiger partial charge in [-0.05, 0) is 32.4 Å². The largest absolute Gasteiger partial charge is 0.490 e. The van der Waals surface area contributed by atoms with Crippen molar-refractivity contribution in [3.05, 3.63) is 29.6 Å². The Balaban J connectivity index is 2.40. The van der Waals surface area contributed by atoms with Crippen LogP contribution >= 0.6 is 0 Å². The van der Waals surface area contributed by atoms with Crippen molar-refractivity contribution in [2.45, 2.75) is 32.2 Å². The van der Waals surface area contributed by atoms with Gasteiger partial charge in [0.1, 0.15) is 0 Å². The minimum atomic E-state index is -0.307. The second kappa shape index (κ2) is 8.89. The molecule has 0 amide bonds. The zero-order chi connectivity index (χ0) is 13.2. The first kappa shape index (κ1) is 14.9. The number of benzene rings is 1. The number of ether oxygens (including phenoxy) is 1. The van der Waals surface area contributed by atoms with Gasteiger partial charge < -0.3 is 15.2 Å². The Morgan fingerprint density at radius 3 is 2.72 bits per heavy atom. The second-order valence-electron chi connectivity index (χ2n) is 4.24. The van der Waals surface area contributed by atoms with Crippen molar-refractivity contribution in [1.82, 2.24) is 5.32 Å². The van der Waals surface area contributed by atoms with Gasteiger partial charge in [0, 0.05) is 18.7 Å². The normalized spacial score (nSPS) is 10.6. The van der Waals surface area contributed by atoms with E-state index in [4.69, 9.17) is 9.84 Å². The molecule has 4 heteroatoms. The molecule has 0 heterocycles. The Morgan fingerprint density at radius 2 is 2.00 bits per heavy atom. The number of nitrogens with one attached hydrogen (secondary N) is 1. The third-order valence-electron chi connectivity index (χ3n) is 2.71. The zero-order valence-corrected chi connectivity index (χ0v) is 10.9. The molecule has 0 saturated carbocycles. The summed E-state index contributed by atoms with van der Waals surface area (Å²) in [6.07, 6.45) is 3.69. The molecule has 102 valence electrons. The molecule has 18 heavy (non-hydrogen) atoms. The lowest BCUT2D eigenvalue weighted by Crippen LogP contribution is -2.09. The van der Waals surface area contributed by atoms with Gasteiger partial charge in [0.25, 0.3) is 0 Å². The molecule has 0 atom stereocenters. The van der Waals surface area contributed by atoms with Crippen LogP contribution in [0.2, 0.25) is 0 Å². The maximum absolute atomic E-state index is 13.6. The Morgan fingerprint density at radius 1 is 1.22 bits per heavy atom. The first-order valence-electron chi connectivity index (χ1n) is 6.45. The fraction of sp³-hybridized carbons (Fsp3) is 0.571. The molecule has 0 unspecified atom stereocenters. The number of hydrogen-bond acceptors (Lipinski definition) is 3. The monoisotopic (exact) mass is 255 g/mol. The standard InChI is InChI=1S/C14H22FNO2/c1-16-11-12-7-6-8-13(15)14(12)18-10-5-3-2-4-9-17/h6-8,16-17H,2-5,9-11H2,1H3. The van der Waals surface area contributed by atoms with Crippen molar-refractivity contribution in [2.24, 2.45) is 0 Å². The van der Waals surface area contributed by atoms with Crippen LogP contribution in [0.3, 0.4) is 0 Å². The van der Waals surface area contributed by atoms with Crippen LogP contribution in [-0.4, -0.2) is 25.4 Å². The van der Waals surface area contributed by atoms with Crippen LogP contribution in [0.5, 0.6) is 5.75 Å². The molecular weight excluding hydrogens is 233 g/mol. The van der Waals surface area contributed by atoms with Gasteiger partial charge in [-0.15, -0.1) is 0 Å². The summed E-state index contributed by atoms with van der Waals surface area (Å²) in [7, 11) is 1.82. The maximum atomic E-state index is 13.6. The van der Waals surface area contributed by atoms with Gasteiger partial charge in [0.05, 0.1) is 6.61 Å². The molecule has 1 rings (SSSR count). The van der Waals surface area contributed by atoms with Gasteiger partial charge in [0.2, 0.25) is 0 Å². The fourth-order valence-corrected chi connectivity index (χ4v) is 1.79. The summed E-state index contributed by atoms with van der Waals surface area (Å²) < 4.78 is 19.1. The number of hydrogen-bond donors (Lipinski definition) is 2. The Hall–Kier alpha value is -1.13. The number of aliphatic hydroxyl groups excluding tert-OH is 1. The summed E-state index contributed by atoms with van der Waals surface area (Å²) in [6.45, 7) is 1.35. The van der Waals surface area contributed by atoms with E-state index in [2.05, 4.69) is 5.32 Å². The van der Waals surface area contributed by atoms with Crippen LogP contribution in [0.4, 0.5) is 4.39 Å². The lowest BCUT2D eigenvalue weighted by molar-refractivity contribution is 0.268. The number of para-hydroxylation sites is 1. The summed E-state index contributed by atoms with van der Waals surface area (Å²) in [5.41, 5.74) is 0.841. The first-order chi connectivity index (χ1) is 8.79. The SMILES string of the molecule is CNCc1cccc(F)c1OCCCCCCO. The molecule has 1 aromatic rings. The molecular formula is C14H22FNO2. The van der Waals surface area contributed by atoms with E-state index >= 15 is 0 Å². The molecule has 0 aliphatic heterocycles. The molecule has 0 radical (unpaired) electrons. The van der Waals surface area contributed by atoms with E-state index in [-0.39, 0.29) is 12.4 Å². The molecule has 0 saturated heterocycles. The van der Waals surface area contributed by atoms with Crippen LogP contribution in [0.15, 0.2) is 18.2 Å². The number of halogens is 1. The molecule has 0 bridgehead atoms. The molecule has 0 spiro atoms. The van der Waals surface area contributed by atoms with Crippen LogP contribution < -0.4 is 10.1 Å². The summed E-state index contributed by atoms with van der Waals surface area (Å²) in [4.78, 5) is 0. The zero-order valence-electron chi connectivity index (χ0n) is 10.9.